The largest absolute Gasteiger partial charge is 0.451 e. The zero-order valence-electron chi connectivity index (χ0n) is 16.5. The molecule has 154 valence electrons. The summed E-state index contributed by atoms with van der Waals surface area (Å²) in [5, 5.41) is 9.26. The molecule has 1 aromatic heterocycles. The Morgan fingerprint density at radius 3 is 2.31 bits per heavy atom. The third-order valence-electron chi connectivity index (χ3n) is 3.72. The van der Waals surface area contributed by atoms with Crippen molar-refractivity contribution in [2.45, 2.75) is 27.7 Å². The standard InChI is InChI=1S/C19H22N4O5S/c1-10-5-11(2)17(12(3)6-10)23-15(25)7-20-16(26)8-28-18(27)14-9-29-19(22-14)21-13(4)24/h5-6,9H,7-8H2,1-4H3,(H,20,26)(H,23,25)(H,21,22,24). The number of amides is 3. The van der Waals surface area contributed by atoms with Crippen LogP contribution in [0.2, 0.25) is 0 Å². The van der Waals surface area contributed by atoms with E-state index in [2.05, 4.69) is 20.9 Å². The molecule has 0 saturated carbocycles. The Morgan fingerprint density at radius 2 is 1.69 bits per heavy atom. The number of carbonyl (C=O) groups is 4. The topological polar surface area (TPSA) is 126 Å². The molecular weight excluding hydrogens is 396 g/mol. The van der Waals surface area contributed by atoms with Crippen LogP contribution in [0.1, 0.15) is 34.1 Å². The maximum absolute atomic E-state index is 12.1. The monoisotopic (exact) mass is 418 g/mol. The van der Waals surface area contributed by atoms with Crippen molar-refractivity contribution in [3.63, 3.8) is 0 Å². The second-order valence-corrected chi connectivity index (χ2v) is 7.25. The lowest BCUT2D eigenvalue weighted by Gasteiger charge is -2.13. The van der Waals surface area contributed by atoms with E-state index in [-0.39, 0.29) is 29.2 Å². The van der Waals surface area contributed by atoms with Gasteiger partial charge in [-0.3, -0.25) is 14.4 Å². The SMILES string of the molecule is CC(=O)Nc1nc(C(=O)OCC(=O)NCC(=O)Nc2c(C)cc(C)cc2C)cs1. The van der Waals surface area contributed by atoms with Gasteiger partial charge in [0.2, 0.25) is 11.8 Å². The molecule has 10 heteroatoms. The minimum Gasteiger partial charge on any atom is -0.451 e. The molecule has 0 atom stereocenters. The highest BCUT2D eigenvalue weighted by molar-refractivity contribution is 7.14. The van der Waals surface area contributed by atoms with E-state index in [4.69, 9.17) is 4.74 Å². The van der Waals surface area contributed by atoms with Gasteiger partial charge in [-0.2, -0.15) is 0 Å². The van der Waals surface area contributed by atoms with Crippen molar-refractivity contribution < 1.29 is 23.9 Å². The number of aromatic nitrogens is 1. The fourth-order valence-corrected chi connectivity index (χ4v) is 3.30. The van der Waals surface area contributed by atoms with Crippen LogP contribution in [0, 0.1) is 20.8 Å². The smallest absolute Gasteiger partial charge is 0.358 e. The number of hydrogen-bond acceptors (Lipinski definition) is 7. The molecule has 2 rings (SSSR count). The lowest BCUT2D eigenvalue weighted by atomic mass is 10.1. The predicted molar refractivity (Wildman–Crippen MR) is 109 cm³/mol. The first kappa shape index (κ1) is 22.0. The Morgan fingerprint density at radius 1 is 1.03 bits per heavy atom. The van der Waals surface area contributed by atoms with Gasteiger partial charge in [-0.25, -0.2) is 9.78 Å². The van der Waals surface area contributed by atoms with Crippen LogP contribution in [0.4, 0.5) is 10.8 Å². The first-order valence-corrected chi connectivity index (χ1v) is 9.58. The molecule has 0 unspecified atom stereocenters. The molecule has 2 aromatic rings. The number of nitrogens with one attached hydrogen (secondary N) is 3. The van der Waals surface area contributed by atoms with Crippen LogP contribution >= 0.6 is 11.3 Å². The van der Waals surface area contributed by atoms with Crippen LogP contribution in [-0.2, 0) is 19.1 Å². The van der Waals surface area contributed by atoms with Crippen LogP contribution in [-0.4, -0.2) is 41.8 Å². The van der Waals surface area contributed by atoms with E-state index < -0.39 is 18.5 Å². The number of aryl methyl sites for hydroxylation is 3. The maximum atomic E-state index is 12.1. The second-order valence-electron chi connectivity index (χ2n) is 6.39. The molecule has 0 aliphatic rings. The molecule has 0 spiro atoms. The van der Waals surface area contributed by atoms with E-state index in [1.165, 1.54) is 12.3 Å². The quantitative estimate of drug-likeness (QED) is 0.590. The zero-order valence-corrected chi connectivity index (χ0v) is 17.4. The minimum atomic E-state index is -0.802. The Labute approximate surface area is 171 Å². The van der Waals surface area contributed by atoms with Gasteiger partial charge in [0.1, 0.15) is 0 Å². The van der Waals surface area contributed by atoms with E-state index in [1.807, 2.05) is 32.9 Å². The van der Waals surface area contributed by atoms with Crippen LogP contribution in [0.25, 0.3) is 0 Å². The Kier molecular flexibility index (Phi) is 7.43. The van der Waals surface area contributed by atoms with Gasteiger partial charge in [-0.1, -0.05) is 17.7 Å². The zero-order chi connectivity index (χ0) is 21.6. The van der Waals surface area contributed by atoms with Crippen molar-refractivity contribution >= 4 is 45.8 Å². The Hall–Kier alpha value is -3.27. The number of rotatable bonds is 7. The van der Waals surface area contributed by atoms with Crippen molar-refractivity contribution in [3.8, 4) is 0 Å². The third-order valence-corrected chi connectivity index (χ3v) is 4.48. The second kappa shape index (κ2) is 9.78. The number of hydrogen-bond donors (Lipinski definition) is 3. The fraction of sp³-hybridized carbons (Fsp3) is 0.316. The summed E-state index contributed by atoms with van der Waals surface area (Å²) in [7, 11) is 0. The van der Waals surface area contributed by atoms with Gasteiger partial charge in [-0.05, 0) is 31.9 Å². The lowest BCUT2D eigenvalue weighted by Crippen LogP contribution is -2.35. The molecular formula is C19H22N4O5S. The highest BCUT2D eigenvalue weighted by atomic mass is 32.1. The number of esters is 1. The molecule has 0 aliphatic heterocycles. The summed E-state index contributed by atoms with van der Waals surface area (Å²) in [6, 6.07) is 3.91. The normalized spacial score (nSPS) is 10.2. The highest BCUT2D eigenvalue weighted by Crippen LogP contribution is 2.21. The lowest BCUT2D eigenvalue weighted by molar-refractivity contribution is -0.126. The Balaban J connectivity index is 1.78. The highest BCUT2D eigenvalue weighted by Gasteiger charge is 2.15. The van der Waals surface area contributed by atoms with Gasteiger partial charge in [0.25, 0.3) is 5.91 Å². The fourth-order valence-electron chi connectivity index (χ4n) is 2.57. The van der Waals surface area contributed by atoms with Gasteiger partial charge in [0.05, 0.1) is 6.54 Å². The molecule has 1 heterocycles. The summed E-state index contributed by atoms with van der Waals surface area (Å²) in [4.78, 5) is 50.6. The van der Waals surface area contributed by atoms with Gasteiger partial charge in [0.15, 0.2) is 17.4 Å². The number of nitrogens with zero attached hydrogens (tertiary/aromatic N) is 1. The summed E-state index contributed by atoms with van der Waals surface area (Å²) in [6.45, 7) is 6.27. The van der Waals surface area contributed by atoms with E-state index in [9.17, 15) is 19.2 Å². The maximum Gasteiger partial charge on any atom is 0.358 e. The molecule has 29 heavy (non-hydrogen) atoms. The summed E-state index contributed by atoms with van der Waals surface area (Å²) in [5.41, 5.74) is 3.64. The van der Waals surface area contributed by atoms with Crippen LogP contribution in [0.5, 0.6) is 0 Å². The number of anilines is 2. The van der Waals surface area contributed by atoms with E-state index in [1.54, 1.807) is 0 Å². The average Bonchev–Trinajstić information content (AvgIpc) is 3.08. The molecule has 3 amide bonds. The molecule has 0 bridgehead atoms. The molecule has 0 aliphatic carbocycles. The number of benzene rings is 1. The van der Waals surface area contributed by atoms with Crippen LogP contribution < -0.4 is 16.0 Å². The predicted octanol–water partition coefficient (Wildman–Crippen LogP) is 1.94. The van der Waals surface area contributed by atoms with Gasteiger partial charge in [0, 0.05) is 18.0 Å². The van der Waals surface area contributed by atoms with Crippen molar-refractivity contribution in [2.24, 2.45) is 0 Å². The molecule has 0 fully saturated rings. The molecule has 0 radical (unpaired) electrons. The van der Waals surface area contributed by atoms with E-state index >= 15 is 0 Å². The summed E-state index contributed by atoms with van der Waals surface area (Å²) < 4.78 is 4.86. The summed E-state index contributed by atoms with van der Waals surface area (Å²) in [6.07, 6.45) is 0. The number of thiazole rings is 1. The Bertz CT molecular complexity index is 931. The van der Waals surface area contributed by atoms with Crippen molar-refractivity contribution in [2.75, 3.05) is 23.8 Å². The first-order chi connectivity index (χ1) is 13.7. The minimum absolute atomic E-state index is 0.0189. The van der Waals surface area contributed by atoms with Crippen molar-refractivity contribution in [1.82, 2.24) is 10.3 Å². The first-order valence-electron chi connectivity index (χ1n) is 8.70. The van der Waals surface area contributed by atoms with E-state index in [0.717, 1.165) is 28.0 Å². The number of ether oxygens (including phenoxy) is 1. The molecule has 1 aromatic carbocycles. The van der Waals surface area contributed by atoms with Gasteiger partial charge >= 0.3 is 5.97 Å². The molecule has 0 saturated heterocycles. The molecule has 3 N–H and O–H groups in total. The van der Waals surface area contributed by atoms with Crippen molar-refractivity contribution in [1.29, 1.82) is 0 Å². The molecule has 9 nitrogen and oxygen atoms in total. The van der Waals surface area contributed by atoms with Gasteiger partial charge < -0.3 is 20.7 Å². The van der Waals surface area contributed by atoms with Crippen molar-refractivity contribution in [3.05, 3.63) is 39.9 Å². The third kappa shape index (κ3) is 6.68. The summed E-state index contributed by atoms with van der Waals surface area (Å²) >= 11 is 1.06. The van der Waals surface area contributed by atoms with Crippen LogP contribution in [0.15, 0.2) is 17.5 Å². The number of carbonyl (C=O) groups excluding carboxylic acids is 4. The van der Waals surface area contributed by atoms with Gasteiger partial charge in [-0.15, -0.1) is 11.3 Å². The van der Waals surface area contributed by atoms with E-state index in [0.29, 0.717) is 5.69 Å². The van der Waals surface area contributed by atoms with Crippen LogP contribution in [0.3, 0.4) is 0 Å². The summed E-state index contributed by atoms with van der Waals surface area (Å²) in [5.74, 6) is -2.13. The average molecular weight is 418 g/mol.